The van der Waals surface area contributed by atoms with E-state index < -0.39 is 12.2 Å². The molecular formula is C12H20O3. The van der Waals surface area contributed by atoms with Gasteiger partial charge in [-0.2, -0.15) is 0 Å². The van der Waals surface area contributed by atoms with E-state index in [4.69, 9.17) is 4.74 Å². The number of unbranched alkanes of at least 4 members (excludes halogenated alkanes) is 4. The van der Waals surface area contributed by atoms with Crippen molar-refractivity contribution in [2.45, 2.75) is 57.7 Å². The van der Waals surface area contributed by atoms with Gasteiger partial charge in [0.2, 0.25) is 0 Å². The summed E-state index contributed by atoms with van der Waals surface area (Å²) in [5, 5.41) is 9.40. The van der Waals surface area contributed by atoms with Gasteiger partial charge in [0, 0.05) is 0 Å². The van der Waals surface area contributed by atoms with E-state index in [1.165, 1.54) is 25.7 Å². The largest absolute Gasteiger partial charge is 0.455 e. The highest BCUT2D eigenvalue weighted by Crippen LogP contribution is 2.16. The van der Waals surface area contributed by atoms with E-state index in [2.05, 4.69) is 6.92 Å². The van der Waals surface area contributed by atoms with Crippen molar-refractivity contribution in [2.24, 2.45) is 0 Å². The smallest absolute Gasteiger partial charge is 0.309 e. The molecule has 2 atom stereocenters. The van der Waals surface area contributed by atoms with E-state index in [0.717, 1.165) is 6.42 Å². The molecule has 0 saturated carbocycles. The molecule has 1 aliphatic heterocycles. The average Bonchev–Trinajstić information content (AvgIpc) is 2.51. The second-order valence-corrected chi connectivity index (χ2v) is 4.00. The third kappa shape index (κ3) is 4.47. The summed E-state index contributed by atoms with van der Waals surface area (Å²) in [5.41, 5.74) is 0. The zero-order valence-corrected chi connectivity index (χ0v) is 9.32. The van der Waals surface area contributed by atoms with E-state index in [9.17, 15) is 9.90 Å². The lowest BCUT2D eigenvalue weighted by atomic mass is 10.1. The number of hydrogen-bond acceptors (Lipinski definition) is 3. The number of aliphatic hydroxyl groups excluding tert-OH is 1. The molecule has 3 heteroatoms. The first-order valence-corrected chi connectivity index (χ1v) is 5.78. The first-order valence-electron chi connectivity index (χ1n) is 5.78. The Balaban J connectivity index is 2.12. The van der Waals surface area contributed by atoms with Crippen molar-refractivity contribution >= 4 is 5.97 Å². The Morgan fingerprint density at radius 3 is 2.87 bits per heavy atom. The molecule has 0 aromatic heterocycles. The molecule has 0 radical (unpaired) electrons. The summed E-state index contributed by atoms with van der Waals surface area (Å²) in [4.78, 5) is 10.8. The normalized spacial score (nSPS) is 26.1. The van der Waals surface area contributed by atoms with Crippen LogP contribution in [0.15, 0.2) is 12.2 Å². The SMILES string of the molecule is CCCCCC/C=C/[C@H]1OC(=O)C[C@H]1O. The fourth-order valence-corrected chi connectivity index (χ4v) is 1.65. The molecule has 1 rings (SSSR count). The summed E-state index contributed by atoms with van der Waals surface area (Å²) >= 11 is 0. The summed E-state index contributed by atoms with van der Waals surface area (Å²) in [6.07, 6.45) is 8.80. The molecular weight excluding hydrogens is 192 g/mol. The Kier molecular flexibility index (Phi) is 5.40. The van der Waals surface area contributed by atoms with Crippen molar-refractivity contribution in [1.29, 1.82) is 0 Å². The van der Waals surface area contributed by atoms with E-state index in [1.54, 1.807) is 0 Å². The monoisotopic (exact) mass is 212 g/mol. The quantitative estimate of drug-likeness (QED) is 0.417. The van der Waals surface area contributed by atoms with E-state index >= 15 is 0 Å². The zero-order chi connectivity index (χ0) is 11.1. The molecule has 1 heterocycles. The third-order valence-corrected chi connectivity index (χ3v) is 2.57. The number of carbonyl (C=O) groups is 1. The average molecular weight is 212 g/mol. The molecule has 0 aromatic rings. The van der Waals surface area contributed by atoms with Gasteiger partial charge >= 0.3 is 5.97 Å². The molecule has 0 unspecified atom stereocenters. The molecule has 1 saturated heterocycles. The minimum Gasteiger partial charge on any atom is -0.455 e. The molecule has 86 valence electrons. The van der Waals surface area contributed by atoms with Gasteiger partial charge in [-0.15, -0.1) is 0 Å². The van der Waals surface area contributed by atoms with Gasteiger partial charge in [-0.25, -0.2) is 0 Å². The van der Waals surface area contributed by atoms with Crippen LogP contribution in [0.2, 0.25) is 0 Å². The zero-order valence-electron chi connectivity index (χ0n) is 9.32. The van der Waals surface area contributed by atoms with E-state index in [-0.39, 0.29) is 12.4 Å². The molecule has 1 fully saturated rings. The van der Waals surface area contributed by atoms with Crippen LogP contribution in [0.1, 0.15) is 45.4 Å². The van der Waals surface area contributed by atoms with Crippen molar-refractivity contribution in [3.8, 4) is 0 Å². The van der Waals surface area contributed by atoms with Crippen molar-refractivity contribution in [1.82, 2.24) is 0 Å². The molecule has 1 N–H and O–H groups in total. The minimum absolute atomic E-state index is 0.130. The summed E-state index contributed by atoms with van der Waals surface area (Å²) < 4.78 is 4.93. The molecule has 0 amide bonds. The highest BCUT2D eigenvalue weighted by molar-refractivity contribution is 5.72. The maximum atomic E-state index is 10.8. The summed E-state index contributed by atoms with van der Waals surface area (Å²) in [6, 6.07) is 0. The van der Waals surface area contributed by atoms with Crippen LogP contribution in [-0.4, -0.2) is 23.3 Å². The molecule has 0 aromatic carbocycles. The second-order valence-electron chi connectivity index (χ2n) is 4.00. The topological polar surface area (TPSA) is 46.5 Å². The Labute approximate surface area is 91.1 Å². The van der Waals surface area contributed by atoms with Gasteiger partial charge in [0.05, 0.1) is 6.42 Å². The summed E-state index contributed by atoms with van der Waals surface area (Å²) in [5.74, 6) is -0.303. The predicted octanol–water partition coefficient (Wildman–Crippen LogP) is 2.19. The van der Waals surface area contributed by atoms with Crippen LogP contribution < -0.4 is 0 Å². The van der Waals surface area contributed by atoms with Crippen molar-refractivity contribution in [2.75, 3.05) is 0 Å². The molecule has 0 spiro atoms. The van der Waals surface area contributed by atoms with Gasteiger partial charge in [-0.3, -0.25) is 4.79 Å². The number of esters is 1. The van der Waals surface area contributed by atoms with Crippen molar-refractivity contribution < 1.29 is 14.6 Å². The van der Waals surface area contributed by atoms with Gasteiger partial charge in [0.15, 0.2) is 0 Å². The van der Waals surface area contributed by atoms with Crippen LogP contribution in [0.4, 0.5) is 0 Å². The molecule has 0 aliphatic carbocycles. The maximum Gasteiger partial charge on any atom is 0.309 e. The molecule has 3 nitrogen and oxygen atoms in total. The van der Waals surface area contributed by atoms with E-state index in [0.29, 0.717) is 0 Å². The number of hydrogen-bond donors (Lipinski definition) is 1. The lowest BCUT2D eigenvalue weighted by Gasteiger charge is -2.06. The van der Waals surface area contributed by atoms with Gasteiger partial charge in [0.25, 0.3) is 0 Å². The Hall–Kier alpha value is -0.830. The van der Waals surface area contributed by atoms with Crippen LogP contribution in [0.25, 0.3) is 0 Å². The number of carbonyl (C=O) groups excluding carboxylic acids is 1. The maximum absolute atomic E-state index is 10.8. The highest BCUT2D eigenvalue weighted by atomic mass is 16.6. The van der Waals surface area contributed by atoms with Crippen molar-refractivity contribution in [3.63, 3.8) is 0 Å². The number of rotatable bonds is 6. The minimum atomic E-state index is -0.649. The highest BCUT2D eigenvalue weighted by Gasteiger charge is 2.30. The summed E-state index contributed by atoms with van der Waals surface area (Å²) in [6.45, 7) is 2.18. The lowest BCUT2D eigenvalue weighted by Crippen LogP contribution is -2.17. The predicted molar refractivity (Wildman–Crippen MR) is 58.4 cm³/mol. The van der Waals surface area contributed by atoms with Crippen LogP contribution >= 0.6 is 0 Å². The Morgan fingerprint density at radius 1 is 1.47 bits per heavy atom. The standard InChI is InChI=1S/C12H20O3/c1-2-3-4-5-6-7-8-11-10(13)9-12(14)15-11/h7-8,10-11,13H,2-6,9H2,1H3/b8-7+/t10-,11-/m1/s1. The van der Waals surface area contributed by atoms with Crippen LogP contribution in [0.5, 0.6) is 0 Å². The van der Waals surface area contributed by atoms with Crippen molar-refractivity contribution in [3.05, 3.63) is 12.2 Å². The van der Waals surface area contributed by atoms with Gasteiger partial charge < -0.3 is 9.84 Å². The van der Waals surface area contributed by atoms with Gasteiger partial charge in [-0.1, -0.05) is 32.3 Å². The van der Waals surface area contributed by atoms with Gasteiger partial charge in [0.1, 0.15) is 12.2 Å². The van der Waals surface area contributed by atoms with Crippen LogP contribution in [-0.2, 0) is 9.53 Å². The second kappa shape index (κ2) is 6.62. The van der Waals surface area contributed by atoms with Crippen LogP contribution in [0, 0.1) is 0 Å². The summed E-state index contributed by atoms with van der Waals surface area (Å²) in [7, 11) is 0. The number of ether oxygens (including phenoxy) is 1. The first kappa shape index (κ1) is 12.2. The fourth-order valence-electron chi connectivity index (χ4n) is 1.65. The number of cyclic esters (lactones) is 1. The number of allylic oxidation sites excluding steroid dienone is 1. The number of aliphatic hydroxyl groups is 1. The Morgan fingerprint density at radius 2 is 2.27 bits per heavy atom. The van der Waals surface area contributed by atoms with E-state index in [1.807, 2.05) is 12.2 Å². The molecule has 0 bridgehead atoms. The Bertz CT molecular complexity index is 223. The molecule has 15 heavy (non-hydrogen) atoms. The van der Waals surface area contributed by atoms with Gasteiger partial charge in [-0.05, 0) is 18.9 Å². The lowest BCUT2D eigenvalue weighted by molar-refractivity contribution is -0.140. The molecule has 1 aliphatic rings. The fraction of sp³-hybridized carbons (Fsp3) is 0.750. The first-order chi connectivity index (χ1) is 7.24. The third-order valence-electron chi connectivity index (χ3n) is 2.57. The van der Waals surface area contributed by atoms with Crippen LogP contribution in [0.3, 0.4) is 0 Å².